The van der Waals surface area contributed by atoms with Crippen molar-refractivity contribution in [1.29, 1.82) is 0 Å². The Bertz CT molecular complexity index is 434. The Hall–Kier alpha value is -1.07. The van der Waals surface area contributed by atoms with E-state index in [0.717, 1.165) is 56.1 Å². The number of hydrogen-bond donors (Lipinski definition) is 1. The van der Waals surface area contributed by atoms with Gasteiger partial charge in [-0.3, -0.25) is 4.99 Å². The molecule has 0 bridgehead atoms. The first-order chi connectivity index (χ1) is 10.7. The molecule has 0 aliphatic rings. The molecular formula is C17H28BrN3O. The Labute approximate surface area is 143 Å². The third kappa shape index (κ3) is 7.80. The van der Waals surface area contributed by atoms with Gasteiger partial charge in [0, 0.05) is 44.4 Å². The van der Waals surface area contributed by atoms with Gasteiger partial charge in [-0.05, 0) is 44.4 Å². The lowest BCUT2D eigenvalue weighted by Crippen LogP contribution is -2.38. The molecule has 0 aliphatic carbocycles. The van der Waals surface area contributed by atoms with Gasteiger partial charge in [0.05, 0.1) is 0 Å². The summed E-state index contributed by atoms with van der Waals surface area (Å²) in [6, 6.07) is 8.40. The third-order valence-electron chi connectivity index (χ3n) is 3.19. The van der Waals surface area contributed by atoms with E-state index in [1.54, 1.807) is 0 Å². The number of aliphatic imine (C=N–C) groups is 1. The second-order valence-electron chi connectivity index (χ2n) is 5.12. The molecule has 1 aromatic carbocycles. The first-order valence-electron chi connectivity index (χ1n) is 7.99. The van der Waals surface area contributed by atoms with Gasteiger partial charge in [-0.1, -0.05) is 28.1 Å². The number of guanidine groups is 1. The molecule has 4 nitrogen and oxygen atoms in total. The fourth-order valence-corrected chi connectivity index (χ4v) is 2.32. The molecule has 0 aromatic heterocycles. The highest BCUT2D eigenvalue weighted by atomic mass is 79.9. The molecule has 0 unspecified atom stereocenters. The standard InChI is InChI=1S/C17H28BrN3O/c1-4-19-17(20-12-6-7-13-22-5-2)21(3)14-15-8-10-16(18)11-9-15/h8-11H,4-7,12-14H2,1-3H3,(H,19,20). The summed E-state index contributed by atoms with van der Waals surface area (Å²) in [5.74, 6) is 0.960. The first kappa shape index (κ1) is 19.0. The van der Waals surface area contributed by atoms with Gasteiger partial charge in [0.2, 0.25) is 0 Å². The zero-order valence-electron chi connectivity index (χ0n) is 13.9. The Morgan fingerprint density at radius 1 is 1.23 bits per heavy atom. The number of unbranched alkanes of at least 4 members (excludes halogenated alkanes) is 1. The summed E-state index contributed by atoms with van der Waals surface area (Å²) in [4.78, 5) is 6.85. The van der Waals surface area contributed by atoms with Crippen molar-refractivity contribution in [1.82, 2.24) is 10.2 Å². The number of benzene rings is 1. The summed E-state index contributed by atoms with van der Waals surface area (Å²) in [5.41, 5.74) is 1.27. The highest BCUT2D eigenvalue weighted by Crippen LogP contribution is 2.11. The number of hydrogen-bond acceptors (Lipinski definition) is 2. The van der Waals surface area contributed by atoms with Crippen LogP contribution in [0.5, 0.6) is 0 Å². The highest BCUT2D eigenvalue weighted by molar-refractivity contribution is 9.10. The number of halogens is 1. The maximum atomic E-state index is 5.35. The predicted molar refractivity (Wildman–Crippen MR) is 97.3 cm³/mol. The van der Waals surface area contributed by atoms with Crippen LogP contribution in [-0.2, 0) is 11.3 Å². The van der Waals surface area contributed by atoms with Gasteiger partial charge in [-0.15, -0.1) is 0 Å². The average molecular weight is 370 g/mol. The van der Waals surface area contributed by atoms with Crippen LogP contribution in [0.1, 0.15) is 32.3 Å². The summed E-state index contributed by atoms with van der Waals surface area (Å²) >= 11 is 3.47. The van der Waals surface area contributed by atoms with Crippen LogP contribution >= 0.6 is 15.9 Å². The fraction of sp³-hybridized carbons (Fsp3) is 0.588. The van der Waals surface area contributed by atoms with E-state index >= 15 is 0 Å². The smallest absolute Gasteiger partial charge is 0.193 e. The van der Waals surface area contributed by atoms with E-state index in [-0.39, 0.29) is 0 Å². The summed E-state index contributed by atoms with van der Waals surface area (Å²) in [6.07, 6.45) is 2.12. The Morgan fingerprint density at radius 2 is 1.95 bits per heavy atom. The normalized spacial score (nSPS) is 11.5. The summed E-state index contributed by atoms with van der Waals surface area (Å²) in [6.45, 7) is 8.30. The van der Waals surface area contributed by atoms with Crippen LogP contribution in [0.3, 0.4) is 0 Å². The third-order valence-corrected chi connectivity index (χ3v) is 3.72. The Kier molecular flexibility index (Phi) is 9.91. The van der Waals surface area contributed by atoms with Crippen molar-refractivity contribution in [2.45, 2.75) is 33.2 Å². The summed E-state index contributed by atoms with van der Waals surface area (Å²) in [7, 11) is 2.07. The maximum Gasteiger partial charge on any atom is 0.193 e. The SMILES string of the molecule is CCNC(=NCCCCOCC)N(C)Cc1ccc(Br)cc1. The molecule has 1 N–H and O–H groups in total. The molecule has 1 rings (SSSR count). The van der Waals surface area contributed by atoms with Gasteiger partial charge in [0.1, 0.15) is 0 Å². The van der Waals surface area contributed by atoms with E-state index in [0.29, 0.717) is 0 Å². The predicted octanol–water partition coefficient (Wildman–Crippen LogP) is 3.66. The summed E-state index contributed by atoms with van der Waals surface area (Å²) < 4.78 is 6.45. The second kappa shape index (κ2) is 11.5. The second-order valence-corrected chi connectivity index (χ2v) is 6.04. The van der Waals surface area contributed by atoms with Crippen LogP contribution in [0.4, 0.5) is 0 Å². The monoisotopic (exact) mass is 369 g/mol. The largest absolute Gasteiger partial charge is 0.382 e. The molecule has 0 atom stereocenters. The first-order valence-corrected chi connectivity index (χ1v) is 8.78. The molecule has 5 heteroatoms. The zero-order valence-corrected chi connectivity index (χ0v) is 15.5. The number of nitrogens with zero attached hydrogens (tertiary/aromatic N) is 2. The molecule has 0 spiro atoms. The minimum Gasteiger partial charge on any atom is -0.382 e. The molecule has 1 aromatic rings. The van der Waals surface area contributed by atoms with E-state index in [4.69, 9.17) is 9.73 Å². The lowest BCUT2D eigenvalue weighted by Gasteiger charge is -2.22. The van der Waals surface area contributed by atoms with E-state index in [2.05, 4.69) is 64.4 Å². The van der Waals surface area contributed by atoms with Crippen molar-refractivity contribution in [2.24, 2.45) is 4.99 Å². The topological polar surface area (TPSA) is 36.9 Å². The van der Waals surface area contributed by atoms with Gasteiger partial charge in [0.15, 0.2) is 5.96 Å². The Balaban J connectivity index is 2.47. The quantitative estimate of drug-likeness (QED) is 0.410. The zero-order chi connectivity index (χ0) is 16.2. The molecular weight excluding hydrogens is 342 g/mol. The molecule has 0 saturated carbocycles. The number of ether oxygens (including phenoxy) is 1. The van der Waals surface area contributed by atoms with Crippen molar-refractivity contribution in [3.8, 4) is 0 Å². The van der Waals surface area contributed by atoms with Gasteiger partial charge >= 0.3 is 0 Å². The van der Waals surface area contributed by atoms with Crippen LogP contribution in [-0.4, -0.2) is 44.2 Å². The maximum absolute atomic E-state index is 5.35. The van der Waals surface area contributed by atoms with Gasteiger partial charge in [-0.2, -0.15) is 0 Å². The van der Waals surface area contributed by atoms with Crippen LogP contribution in [0.15, 0.2) is 33.7 Å². The molecule has 22 heavy (non-hydrogen) atoms. The summed E-state index contributed by atoms with van der Waals surface area (Å²) in [5, 5.41) is 3.35. The van der Waals surface area contributed by atoms with Crippen LogP contribution < -0.4 is 5.32 Å². The van der Waals surface area contributed by atoms with Crippen molar-refractivity contribution >= 4 is 21.9 Å². The molecule has 0 saturated heterocycles. The average Bonchev–Trinajstić information content (AvgIpc) is 2.51. The lowest BCUT2D eigenvalue weighted by molar-refractivity contribution is 0.144. The van der Waals surface area contributed by atoms with E-state index < -0.39 is 0 Å². The fourth-order valence-electron chi connectivity index (χ4n) is 2.05. The highest BCUT2D eigenvalue weighted by Gasteiger charge is 2.06. The Morgan fingerprint density at radius 3 is 2.59 bits per heavy atom. The minimum absolute atomic E-state index is 0.793. The van der Waals surface area contributed by atoms with Gasteiger partial charge < -0.3 is 15.0 Å². The van der Waals surface area contributed by atoms with Crippen LogP contribution in [0.25, 0.3) is 0 Å². The lowest BCUT2D eigenvalue weighted by atomic mass is 10.2. The van der Waals surface area contributed by atoms with Crippen molar-refractivity contribution < 1.29 is 4.74 Å². The minimum atomic E-state index is 0.793. The van der Waals surface area contributed by atoms with Crippen LogP contribution in [0, 0.1) is 0 Å². The molecule has 0 fully saturated rings. The molecule has 124 valence electrons. The molecule has 0 amide bonds. The van der Waals surface area contributed by atoms with Crippen LogP contribution in [0.2, 0.25) is 0 Å². The van der Waals surface area contributed by atoms with Crippen molar-refractivity contribution in [2.75, 3.05) is 33.4 Å². The number of nitrogens with one attached hydrogen (secondary N) is 1. The molecule has 0 radical (unpaired) electrons. The van der Waals surface area contributed by atoms with E-state index in [1.165, 1.54) is 5.56 Å². The van der Waals surface area contributed by atoms with Gasteiger partial charge in [-0.25, -0.2) is 0 Å². The number of rotatable bonds is 9. The van der Waals surface area contributed by atoms with E-state index in [9.17, 15) is 0 Å². The molecule has 0 heterocycles. The van der Waals surface area contributed by atoms with Crippen molar-refractivity contribution in [3.63, 3.8) is 0 Å². The molecule has 0 aliphatic heterocycles. The van der Waals surface area contributed by atoms with Gasteiger partial charge in [0.25, 0.3) is 0 Å². The van der Waals surface area contributed by atoms with Crippen molar-refractivity contribution in [3.05, 3.63) is 34.3 Å². The van der Waals surface area contributed by atoms with E-state index in [1.807, 2.05) is 6.92 Å².